The van der Waals surface area contributed by atoms with Crippen LogP contribution in [-0.2, 0) is 4.79 Å². The highest BCUT2D eigenvalue weighted by Crippen LogP contribution is 2.27. The molecular formula is C16H24N4OS. The van der Waals surface area contributed by atoms with Crippen LogP contribution in [0.2, 0.25) is 0 Å². The fourth-order valence-electron chi connectivity index (χ4n) is 3.55. The van der Waals surface area contributed by atoms with Gasteiger partial charge in [-0.15, -0.1) is 0 Å². The van der Waals surface area contributed by atoms with E-state index in [9.17, 15) is 4.79 Å². The van der Waals surface area contributed by atoms with Gasteiger partial charge in [-0.3, -0.25) is 9.69 Å². The summed E-state index contributed by atoms with van der Waals surface area (Å²) >= 11 is 1.42. The predicted molar refractivity (Wildman–Crippen MR) is 88.0 cm³/mol. The minimum Gasteiger partial charge on any atom is -0.351 e. The molecule has 6 heteroatoms. The first-order chi connectivity index (χ1) is 10.6. The highest BCUT2D eigenvalue weighted by molar-refractivity contribution is 7.99. The molecule has 2 aliphatic heterocycles. The fraction of sp³-hybridized carbons (Fsp3) is 0.688. The Balaban J connectivity index is 1.50. The van der Waals surface area contributed by atoms with Gasteiger partial charge < -0.3 is 5.32 Å². The average molecular weight is 320 g/mol. The first kappa shape index (κ1) is 15.7. The second-order valence-corrected chi connectivity index (χ2v) is 7.23. The van der Waals surface area contributed by atoms with Crippen LogP contribution in [0.4, 0.5) is 0 Å². The Morgan fingerprint density at radius 3 is 2.82 bits per heavy atom. The molecule has 0 aliphatic carbocycles. The Kier molecular flexibility index (Phi) is 4.98. The van der Waals surface area contributed by atoms with Gasteiger partial charge >= 0.3 is 0 Å². The standard InChI is InChI=1S/C16H24N4OS/c1-11-9-12(2)18-16(17-11)22-10-15(21)19-13-6-8-20-7-4-3-5-14(13)20/h9,13-14H,3-8,10H2,1-2H3,(H,19,21)/t13-,14-/m1/s1. The Hall–Kier alpha value is -1.14. The summed E-state index contributed by atoms with van der Waals surface area (Å²) in [6.07, 6.45) is 4.90. The number of hydrogen-bond acceptors (Lipinski definition) is 5. The van der Waals surface area contributed by atoms with E-state index in [0.29, 0.717) is 23.0 Å². The minimum absolute atomic E-state index is 0.102. The molecule has 3 heterocycles. The van der Waals surface area contributed by atoms with E-state index >= 15 is 0 Å². The molecule has 0 spiro atoms. The van der Waals surface area contributed by atoms with Crippen LogP contribution in [0, 0.1) is 13.8 Å². The van der Waals surface area contributed by atoms with Crippen molar-refractivity contribution in [1.29, 1.82) is 0 Å². The van der Waals surface area contributed by atoms with Crippen LogP contribution < -0.4 is 5.32 Å². The zero-order chi connectivity index (χ0) is 15.5. The Morgan fingerprint density at radius 2 is 2.05 bits per heavy atom. The maximum atomic E-state index is 12.2. The molecule has 1 amide bonds. The van der Waals surface area contributed by atoms with Crippen LogP contribution in [-0.4, -0.2) is 51.7 Å². The molecule has 0 unspecified atom stereocenters. The highest BCUT2D eigenvalue weighted by atomic mass is 32.2. The van der Waals surface area contributed by atoms with Crippen LogP contribution in [0.15, 0.2) is 11.2 Å². The number of fused-ring (bicyclic) bond motifs is 1. The van der Waals surface area contributed by atoms with Crippen LogP contribution in [0.25, 0.3) is 0 Å². The van der Waals surface area contributed by atoms with Gasteiger partial charge in [-0.05, 0) is 45.7 Å². The molecule has 1 N–H and O–H groups in total. The molecule has 0 bridgehead atoms. The smallest absolute Gasteiger partial charge is 0.230 e. The van der Waals surface area contributed by atoms with Crippen LogP contribution in [0.1, 0.15) is 37.1 Å². The summed E-state index contributed by atoms with van der Waals surface area (Å²) in [6.45, 7) is 6.23. The summed E-state index contributed by atoms with van der Waals surface area (Å²) in [7, 11) is 0. The third-order valence-corrected chi connectivity index (χ3v) is 5.34. The van der Waals surface area contributed by atoms with E-state index in [1.807, 2.05) is 19.9 Å². The Bertz CT molecular complexity index is 531. The lowest BCUT2D eigenvalue weighted by molar-refractivity contribution is -0.119. The topological polar surface area (TPSA) is 58.1 Å². The van der Waals surface area contributed by atoms with Crippen molar-refractivity contribution in [3.8, 4) is 0 Å². The van der Waals surface area contributed by atoms with Crippen molar-refractivity contribution in [2.24, 2.45) is 0 Å². The maximum Gasteiger partial charge on any atom is 0.230 e. The van der Waals surface area contributed by atoms with Crippen molar-refractivity contribution >= 4 is 17.7 Å². The third kappa shape index (κ3) is 3.79. The summed E-state index contributed by atoms with van der Waals surface area (Å²) in [4.78, 5) is 23.5. The number of nitrogens with zero attached hydrogens (tertiary/aromatic N) is 3. The van der Waals surface area contributed by atoms with Gasteiger partial charge in [-0.1, -0.05) is 18.2 Å². The van der Waals surface area contributed by atoms with Crippen molar-refractivity contribution in [3.05, 3.63) is 17.5 Å². The average Bonchev–Trinajstić information content (AvgIpc) is 2.88. The molecule has 22 heavy (non-hydrogen) atoms. The van der Waals surface area contributed by atoms with Gasteiger partial charge in [0.15, 0.2) is 5.16 Å². The van der Waals surface area contributed by atoms with Gasteiger partial charge in [0.25, 0.3) is 0 Å². The Labute approximate surface area is 136 Å². The molecule has 1 aromatic heterocycles. The number of amides is 1. The molecule has 2 atom stereocenters. The second-order valence-electron chi connectivity index (χ2n) is 6.28. The SMILES string of the molecule is Cc1cc(C)nc(SCC(=O)N[C@@H]2CCN3CCCC[C@H]23)n1. The number of carbonyl (C=O) groups excluding carboxylic acids is 1. The number of aromatic nitrogens is 2. The third-order valence-electron chi connectivity index (χ3n) is 4.50. The second kappa shape index (κ2) is 6.96. The lowest BCUT2D eigenvalue weighted by Gasteiger charge is -2.32. The predicted octanol–water partition coefficient (Wildman–Crippen LogP) is 1.93. The van der Waals surface area contributed by atoms with Gasteiger partial charge in [0.1, 0.15) is 0 Å². The molecule has 0 aromatic carbocycles. The number of carbonyl (C=O) groups is 1. The van der Waals surface area contributed by atoms with E-state index in [-0.39, 0.29) is 5.91 Å². The first-order valence-electron chi connectivity index (χ1n) is 8.10. The number of rotatable bonds is 4. The maximum absolute atomic E-state index is 12.2. The van der Waals surface area contributed by atoms with Crippen molar-refractivity contribution in [1.82, 2.24) is 20.2 Å². The van der Waals surface area contributed by atoms with E-state index in [0.717, 1.165) is 24.4 Å². The number of thioether (sulfide) groups is 1. The zero-order valence-corrected chi connectivity index (χ0v) is 14.2. The van der Waals surface area contributed by atoms with Gasteiger partial charge in [-0.2, -0.15) is 0 Å². The summed E-state index contributed by atoms with van der Waals surface area (Å²) in [6, 6.07) is 2.83. The molecule has 0 saturated carbocycles. The fourth-order valence-corrected chi connectivity index (χ4v) is 4.31. The van der Waals surface area contributed by atoms with Gasteiger partial charge in [0, 0.05) is 30.0 Å². The number of hydrogen-bond donors (Lipinski definition) is 1. The van der Waals surface area contributed by atoms with E-state index in [2.05, 4.69) is 20.2 Å². The number of piperidine rings is 1. The lowest BCUT2D eigenvalue weighted by atomic mass is 9.99. The number of nitrogens with one attached hydrogen (secondary N) is 1. The van der Waals surface area contributed by atoms with Crippen LogP contribution in [0.5, 0.6) is 0 Å². The monoisotopic (exact) mass is 320 g/mol. The van der Waals surface area contributed by atoms with Crippen LogP contribution >= 0.6 is 11.8 Å². The molecule has 3 rings (SSSR count). The summed E-state index contributed by atoms with van der Waals surface area (Å²) in [5, 5.41) is 3.91. The summed E-state index contributed by atoms with van der Waals surface area (Å²) < 4.78 is 0. The minimum atomic E-state index is 0.102. The van der Waals surface area contributed by atoms with Crippen molar-refractivity contribution < 1.29 is 4.79 Å². The molecule has 120 valence electrons. The van der Waals surface area contributed by atoms with Gasteiger partial charge in [-0.25, -0.2) is 9.97 Å². The normalized spacial score (nSPS) is 25.0. The van der Waals surface area contributed by atoms with Gasteiger partial charge in [0.2, 0.25) is 5.91 Å². The molecule has 1 aromatic rings. The van der Waals surface area contributed by atoms with Crippen molar-refractivity contribution in [2.75, 3.05) is 18.8 Å². The first-order valence-corrected chi connectivity index (χ1v) is 9.09. The van der Waals surface area contributed by atoms with Crippen LogP contribution in [0.3, 0.4) is 0 Å². The molecule has 5 nitrogen and oxygen atoms in total. The Morgan fingerprint density at radius 1 is 1.27 bits per heavy atom. The highest BCUT2D eigenvalue weighted by Gasteiger charge is 2.36. The summed E-state index contributed by atoms with van der Waals surface area (Å²) in [5.41, 5.74) is 1.90. The van der Waals surface area contributed by atoms with Crippen molar-refractivity contribution in [3.63, 3.8) is 0 Å². The van der Waals surface area contributed by atoms with E-state index in [1.54, 1.807) is 0 Å². The largest absolute Gasteiger partial charge is 0.351 e. The molecule has 2 saturated heterocycles. The zero-order valence-electron chi connectivity index (χ0n) is 13.3. The number of aryl methyl sites for hydroxylation is 2. The molecule has 2 fully saturated rings. The van der Waals surface area contributed by atoms with E-state index in [1.165, 1.54) is 37.6 Å². The lowest BCUT2D eigenvalue weighted by Crippen LogP contribution is -2.47. The summed E-state index contributed by atoms with van der Waals surface area (Å²) in [5.74, 6) is 0.497. The van der Waals surface area contributed by atoms with Crippen molar-refractivity contribution in [2.45, 2.75) is 56.8 Å². The molecule has 2 aliphatic rings. The molecular weight excluding hydrogens is 296 g/mol. The van der Waals surface area contributed by atoms with E-state index < -0.39 is 0 Å². The quantitative estimate of drug-likeness (QED) is 0.678. The molecule has 0 radical (unpaired) electrons. The van der Waals surface area contributed by atoms with E-state index in [4.69, 9.17) is 0 Å². The van der Waals surface area contributed by atoms with Gasteiger partial charge in [0.05, 0.1) is 5.75 Å².